The number of aliphatic hydroxyl groups is 4. The van der Waals surface area contributed by atoms with Crippen molar-refractivity contribution in [1.82, 2.24) is 0 Å². The minimum Gasteiger partial charge on any atom is -0.424 e. The summed E-state index contributed by atoms with van der Waals surface area (Å²) in [5, 5.41) is 38.3. The van der Waals surface area contributed by atoms with Crippen LogP contribution in [0.5, 0.6) is 11.5 Å². The van der Waals surface area contributed by atoms with Crippen molar-refractivity contribution >= 4 is 11.9 Å². The van der Waals surface area contributed by atoms with Gasteiger partial charge in [-0.05, 0) is 62.1 Å². The van der Waals surface area contributed by atoms with Gasteiger partial charge in [0.2, 0.25) is 0 Å². The summed E-state index contributed by atoms with van der Waals surface area (Å²) in [5.74, 6) is -2.12. The molecule has 0 radical (unpaired) electrons. The van der Waals surface area contributed by atoms with Crippen LogP contribution in [0.15, 0.2) is 23.8 Å². The number of allylic oxidation sites excluding steroid dienone is 1. The fourth-order valence-electron chi connectivity index (χ4n) is 4.81. The fraction of sp³-hybridized carbons (Fsp3) is 0.630. The van der Waals surface area contributed by atoms with Gasteiger partial charge in [0.1, 0.15) is 11.5 Å². The van der Waals surface area contributed by atoms with Crippen LogP contribution in [0.25, 0.3) is 0 Å². The number of benzene rings is 1. The summed E-state index contributed by atoms with van der Waals surface area (Å²) in [4.78, 5) is 25.1. The molecule has 0 saturated heterocycles. The Kier molecular flexibility index (Phi) is 11.1. The molecule has 0 fully saturated rings. The molecule has 0 spiro atoms. The summed E-state index contributed by atoms with van der Waals surface area (Å²) >= 11 is 0. The molecule has 4 atom stereocenters. The molecule has 1 aliphatic carbocycles. The summed E-state index contributed by atoms with van der Waals surface area (Å²) < 4.78 is 11.1. The van der Waals surface area contributed by atoms with Gasteiger partial charge < -0.3 is 35.6 Å². The first-order valence-electron chi connectivity index (χ1n) is 12.6. The molecular formula is C27H41NO8. The average Bonchev–Trinajstić information content (AvgIpc) is 2.82. The van der Waals surface area contributed by atoms with Crippen LogP contribution in [0.3, 0.4) is 0 Å². The molecular weight excluding hydrogens is 466 g/mol. The fourth-order valence-corrected chi connectivity index (χ4v) is 4.81. The predicted octanol–water partition coefficient (Wildman–Crippen LogP) is 2.10. The third-order valence-electron chi connectivity index (χ3n) is 6.69. The van der Waals surface area contributed by atoms with Crippen LogP contribution in [-0.2, 0) is 21.5 Å². The van der Waals surface area contributed by atoms with Crippen molar-refractivity contribution in [3.05, 3.63) is 34.9 Å². The second kappa shape index (κ2) is 13.3. The average molecular weight is 508 g/mol. The second-order valence-corrected chi connectivity index (χ2v) is 9.98. The van der Waals surface area contributed by atoms with Crippen molar-refractivity contribution in [2.45, 2.75) is 84.0 Å². The highest BCUT2D eigenvalue weighted by molar-refractivity contribution is 5.80. The van der Waals surface area contributed by atoms with Gasteiger partial charge in [-0.3, -0.25) is 0 Å². The van der Waals surface area contributed by atoms with Crippen LogP contribution in [0, 0.1) is 11.8 Å². The lowest BCUT2D eigenvalue weighted by Crippen LogP contribution is -2.47. The number of aliphatic hydroxyl groups excluding tert-OH is 4. The zero-order chi connectivity index (χ0) is 27.0. The zero-order valence-corrected chi connectivity index (χ0v) is 21.7. The Morgan fingerprint density at radius 2 is 1.58 bits per heavy atom. The Hall–Kier alpha value is -2.30. The predicted molar refractivity (Wildman–Crippen MR) is 134 cm³/mol. The number of hydrogen-bond acceptors (Lipinski definition) is 9. The first-order valence-corrected chi connectivity index (χ1v) is 12.6. The molecule has 1 aliphatic rings. The molecule has 0 aliphatic heterocycles. The summed E-state index contributed by atoms with van der Waals surface area (Å²) in [6, 6.07) is 3.30. The van der Waals surface area contributed by atoms with E-state index in [1.165, 1.54) is 0 Å². The van der Waals surface area contributed by atoms with Gasteiger partial charge in [0.05, 0.1) is 24.3 Å². The lowest BCUT2D eigenvalue weighted by atomic mass is 9.66. The molecule has 0 amide bonds. The van der Waals surface area contributed by atoms with Gasteiger partial charge in [-0.25, -0.2) is 9.59 Å². The lowest BCUT2D eigenvalue weighted by molar-refractivity contribution is -0.145. The lowest BCUT2D eigenvalue weighted by Gasteiger charge is -2.43. The number of ether oxygens (including phenoxy) is 2. The van der Waals surface area contributed by atoms with Crippen LogP contribution >= 0.6 is 0 Å². The van der Waals surface area contributed by atoms with E-state index >= 15 is 0 Å². The van der Waals surface area contributed by atoms with Crippen molar-refractivity contribution in [1.29, 1.82) is 0 Å². The Balaban J connectivity index is 2.80. The summed E-state index contributed by atoms with van der Waals surface area (Å²) in [6.45, 7) is 6.43. The molecule has 0 bridgehead atoms. The molecule has 9 nitrogen and oxygen atoms in total. The third-order valence-corrected chi connectivity index (χ3v) is 6.69. The number of unbranched alkanes of at least 4 members (excludes halogenated alkanes) is 2. The van der Waals surface area contributed by atoms with E-state index in [2.05, 4.69) is 6.92 Å². The monoisotopic (exact) mass is 507 g/mol. The van der Waals surface area contributed by atoms with Crippen LogP contribution in [0.1, 0.15) is 70.9 Å². The summed E-state index contributed by atoms with van der Waals surface area (Å²) in [7, 11) is 0. The maximum atomic E-state index is 12.6. The standard InChI is InChI=1S/C27H41NO8/c1-5-6-7-8-18-11-22(35-25(33)20(31)14-29)24(23(12-18)36-26(34)21(32)15-30)27(28)13-17(4)9-10-19(27)16(2)3/h11-13,16,19-21,29-32H,5-10,14-15,28H2,1-4H3/t19-,20-,21-,27-/m0/s1. The van der Waals surface area contributed by atoms with Gasteiger partial charge in [0.15, 0.2) is 12.2 Å². The number of rotatable bonds is 12. The highest BCUT2D eigenvalue weighted by Gasteiger charge is 2.44. The van der Waals surface area contributed by atoms with Gasteiger partial charge in [-0.1, -0.05) is 45.3 Å². The van der Waals surface area contributed by atoms with Crippen LogP contribution in [0.4, 0.5) is 0 Å². The van der Waals surface area contributed by atoms with Crippen LogP contribution in [-0.4, -0.2) is 57.8 Å². The molecule has 0 saturated carbocycles. The number of carbonyl (C=O) groups excluding carboxylic acids is 2. The molecule has 1 aromatic rings. The normalized spacial score (nSPS) is 21.6. The van der Waals surface area contributed by atoms with E-state index in [1.807, 2.05) is 26.8 Å². The topological polar surface area (TPSA) is 160 Å². The Morgan fingerprint density at radius 1 is 1.06 bits per heavy atom. The van der Waals surface area contributed by atoms with Gasteiger partial charge in [-0.15, -0.1) is 0 Å². The second-order valence-electron chi connectivity index (χ2n) is 9.98. The van der Waals surface area contributed by atoms with E-state index in [0.29, 0.717) is 12.0 Å². The van der Waals surface area contributed by atoms with Gasteiger partial charge in [-0.2, -0.15) is 0 Å². The van der Waals surface area contributed by atoms with Crippen molar-refractivity contribution in [3.63, 3.8) is 0 Å². The molecule has 1 aromatic carbocycles. The van der Waals surface area contributed by atoms with Gasteiger partial charge in [0, 0.05) is 0 Å². The van der Waals surface area contributed by atoms with E-state index in [-0.39, 0.29) is 28.9 Å². The van der Waals surface area contributed by atoms with Gasteiger partial charge >= 0.3 is 11.9 Å². The van der Waals surface area contributed by atoms with Crippen molar-refractivity contribution in [3.8, 4) is 11.5 Å². The van der Waals surface area contributed by atoms with Crippen molar-refractivity contribution in [2.75, 3.05) is 13.2 Å². The quantitative estimate of drug-likeness (QED) is 0.124. The van der Waals surface area contributed by atoms with E-state index in [1.54, 1.807) is 12.1 Å². The minimum absolute atomic E-state index is 0.0156. The van der Waals surface area contributed by atoms with Gasteiger partial charge in [0.25, 0.3) is 0 Å². The van der Waals surface area contributed by atoms with E-state index < -0.39 is 42.9 Å². The first-order chi connectivity index (χ1) is 17.0. The molecule has 0 aromatic heterocycles. The molecule has 2 rings (SSSR count). The molecule has 6 N–H and O–H groups in total. The number of esters is 2. The number of aryl methyl sites for hydroxylation is 1. The summed E-state index contributed by atoms with van der Waals surface area (Å²) in [6.07, 6.45) is 3.29. The third kappa shape index (κ3) is 7.14. The van der Waals surface area contributed by atoms with Crippen molar-refractivity contribution in [2.24, 2.45) is 17.6 Å². The largest absolute Gasteiger partial charge is 0.424 e. The SMILES string of the molecule is CCCCCc1cc(OC(=O)[C@@H](O)CO)c([C@]2(N)C=C(C)CC[C@H]2C(C)C)c(OC(=O)[C@@H](O)CO)c1. The maximum Gasteiger partial charge on any atom is 0.342 e. The molecule has 0 heterocycles. The number of nitrogens with two attached hydrogens (primary N) is 1. The van der Waals surface area contributed by atoms with Crippen LogP contribution in [0.2, 0.25) is 0 Å². The van der Waals surface area contributed by atoms with Crippen molar-refractivity contribution < 1.29 is 39.5 Å². The van der Waals surface area contributed by atoms with Crippen LogP contribution < -0.4 is 15.2 Å². The molecule has 0 unspecified atom stereocenters. The smallest absolute Gasteiger partial charge is 0.342 e. The zero-order valence-electron chi connectivity index (χ0n) is 21.7. The van der Waals surface area contributed by atoms with E-state index in [4.69, 9.17) is 15.2 Å². The first kappa shape index (κ1) is 29.9. The minimum atomic E-state index is -1.76. The number of carbonyl (C=O) groups is 2. The summed E-state index contributed by atoms with van der Waals surface area (Å²) in [5.41, 5.74) is 7.82. The van der Waals surface area contributed by atoms with E-state index in [9.17, 15) is 30.0 Å². The Morgan fingerprint density at radius 3 is 2.03 bits per heavy atom. The molecule has 36 heavy (non-hydrogen) atoms. The molecule has 202 valence electrons. The number of hydrogen-bond donors (Lipinski definition) is 5. The highest BCUT2D eigenvalue weighted by Crippen LogP contribution is 2.49. The maximum absolute atomic E-state index is 12.6. The highest BCUT2D eigenvalue weighted by atomic mass is 16.6. The Bertz CT molecular complexity index is 899. The molecule has 9 heteroatoms. The van der Waals surface area contributed by atoms with E-state index in [0.717, 1.165) is 37.7 Å². The Labute approximate surface area is 212 Å².